The van der Waals surface area contributed by atoms with Gasteiger partial charge in [-0.25, -0.2) is 9.66 Å². The highest BCUT2D eigenvalue weighted by Gasteiger charge is 2.11. The van der Waals surface area contributed by atoms with E-state index >= 15 is 0 Å². The molecule has 0 saturated carbocycles. The van der Waals surface area contributed by atoms with Gasteiger partial charge in [0.1, 0.15) is 0 Å². The first-order valence-corrected chi connectivity index (χ1v) is 10.6. The fraction of sp³-hybridized carbons (Fsp3) is 0.0435. The van der Waals surface area contributed by atoms with Crippen molar-refractivity contribution in [2.75, 3.05) is 16.9 Å². The fourth-order valence-electron chi connectivity index (χ4n) is 2.78. The lowest BCUT2D eigenvalue weighted by atomic mass is 10.2. The van der Waals surface area contributed by atoms with Gasteiger partial charge in [0.2, 0.25) is 5.91 Å². The standard InChI is InChI=1S/C23H20N6OS/c24-29-15-21(17-7-3-1-4-8-17)26-23(29)31-16-22(30)25-18-11-13-20(14-12-18)28-27-19-9-5-2-6-10-19/h1-15H,16,24H2,(H,25,30). The summed E-state index contributed by atoms with van der Waals surface area (Å²) >= 11 is 1.28. The maximum absolute atomic E-state index is 12.3. The summed E-state index contributed by atoms with van der Waals surface area (Å²) in [6.45, 7) is 0. The highest BCUT2D eigenvalue weighted by Crippen LogP contribution is 2.23. The maximum Gasteiger partial charge on any atom is 0.234 e. The summed E-state index contributed by atoms with van der Waals surface area (Å²) in [6, 6.07) is 26.4. The molecule has 3 aromatic carbocycles. The highest BCUT2D eigenvalue weighted by molar-refractivity contribution is 7.99. The average Bonchev–Trinajstić information content (AvgIpc) is 3.19. The molecule has 0 aliphatic rings. The smallest absolute Gasteiger partial charge is 0.234 e. The second-order valence-corrected chi connectivity index (χ2v) is 7.54. The van der Waals surface area contributed by atoms with Crippen LogP contribution in [0.3, 0.4) is 0 Å². The van der Waals surface area contributed by atoms with Gasteiger partial charge in [-0.05, 0) is 36.4 Å². The Labute approximate surface area is 184 Å². The monoisotopic (exact) mass is 428 g/mol. The Bertz CT molecular complexity index is 1170. The predicted octanol–water partition coefficient (Wildman–Crippen LogP) is 5.41. The third-order valence-corrected chi connectivity index (χ3v) is 5.26. The Hall–Kier alpha value is -3.91. The van der Waals surface area contributed by atoms with Gasteiger partial charge in [-0.15, -0.1) is 0 Å². The summed E-state index contributed by atoms with van der Waals surface area (Å²) in [7, 11) is 0. The van der Waals surface area contributed by atoms with Gasteiger partial charge in [0, 0.05) is 11.3 Å². The van der Waals surface area contributed by atoms with Crippen LogP contribution in [0.5, 0.6) is 0 Å². The van der Waals surface area contributed by atoms with E-state index in [2.05, 4.69) is 20.5 Å². The minimum absolute atomic E-state index is 0.145. The molecule has 0 saturated heterocycles. The van der Waals surface area contributed by atoms with E-state index in [1.54, 1.807) is 30.5 Å². The molecule has 7 nitrogen and oxygen atoms in total. The number of azo groups is 1. The van der Waals surface area contributed by atoms with E-state index in [1.807, 2.05) is 60.7 Å². The lowest BCUT2D eigenvalue weighted by Gasteiger charge is -2.05. The molecule has 4 rings (SSSR count). The van der Waals surface area contributed by atoms with Gasteiger partial charge >= 0.3 is 0 Å². The van der Waals surface area contributed by atoms with E-state index in [9.17, 15) is 4.79 Å². The van der Waals surface area contributed by atoms with Crippen molar-refractivity contribution in [1.82, 2.24) is 9.66 Å². The minimum atomic E-state index is -0.145. The zero-order chi connectivity index (χ0) is 21.5. The maximum atomic E-state index is 12.3. The second-order valence-electron chi connectivity index (χ2n) is 6.60. The topological polar surface area (TPSA) is 97.7 Å². The highest BCUT2D eigenvalue weighted by atomic mass is 32.2. The lowest BCUT2D eigenvalue weighted by molar-refractivity contribution is -0.113. The van der Waals surface area contributed by atoms with Crippen molar-refractivity contribution < 1.29 is 4.79 Å². The van der Waals surface area contributed by atoms with Gasteiger partial charge < -0.3 is 11.2 Å². The molecule has 0 radical (unpaired) electrons. The number of carbonyl (C=O) groups is 1. The van der Waals surface area contributed by atoms with E-state index in [-0.39, 0.29) is 11.7 Å². The SMILES string of the molecule is Nn1cc(-c2ccccc2)nc1SCC(=O)Nc1ccc(N=Nc2ccccc2)cc1. The number of amides is 1. The van der Waals surface area contributed by atoms with Gasteiger partial charge in [0.05, 0.1) is 29.0 Å². The quantitative estimate of drug-likeness (QED) is 0.234. The van der Waals surface area contributed by atoms with E-state index in [0.717, 1.165) is 16.9 Å². The van der Waals surface area contributed by atoms with Crippen LogP contribution < -0.4 is 11.2 Å². The van der Waals surface area contributed by atoms with Gasteiger partial charge in [-0.1, -0.05) is 60.3 Å². The Morgan fingerprint density at radius 1 is 0.903 bits per heavy atom. The van der Waals surface area contributed by atoms with Crippen LogP contribution in [0.25, 0.3) is 11.3 Å². The lowest BCUT2D eigenvalue weighted by Crippen LogP contribution is -2.15. The zero-order valence-corrected chi connectivity index (χ0v) is 17.4. The number of nitrogens with one attached hydrogen (secondary N) is 1. The van der Waals surface area contributed by atoms with Crippen LogP contribution in [0.15, 0.2) is 107 Å². The Morgan fingerprint density at radius 3 is 2.19 bits per heavy atom. The molecule has 0 spiro atoms. The number of nitrogen functional groups attached to an aromatic ring is 1. The molecule has 0 aliphatic heterocycles. The number of hydrogen-bond acceptors (Lipinski definition) is 6. The molecule has 0 fully saturated rings. The molecule has 4 aromatic rings. The molecule has 1 aromatic heterocycles. The molecule has 0 aliphatic carbocycles. The van der Waals surface area contributed by atoms with Crippen molar-refractivity contribution in [2.24, 2.45) is 10.2 Å². The molecule has 0 atom stereocenters. The van der Waals surface area contributed by atoms with Crippen LogP contribution in [0.2, 0.25) is 0 Å². The van der Waals surface area contributed by atoms with Gasteiger partial charge in [-0.3, -0.25) is 4.79 Å². The summed E-state index contributed by atoms with van der Waals surface area (Å²) in [4.78, 5) is 16.8. The Balaban J connectivity index is 1.31. The minimum Gasteiger partial charge on any atom is -0.337 e. The van der Waals surface area contributed by atoms with Gasteiger partial charge in [-0.2, -0.15) is 10.2 Å². The second kappa shape index (κ2) is 9.73. The van der Waals surface area contributed by atoms with E-state index in [1.165, 1.54) is 16.4 Å². The van der Waals surface area contributed by atoms with Crippen LogP contribution in [0.1, 0.15) is 0 Å². The summed E-state index contributed by atoms with van der Waals surface area (Å²) in [5.41, 5.74) is 3.92. The van der Waals surface area contributed by atoms with Crippen LogP contribution in [-0.4, -0.2) is 21.3 Å². The van der Waals surface area contributed by atoms with Crippen LogP contribution in [0.4, 0.5) is 17.1 Å². The largest absolute Gasteiger partial charge is 0.337 e. The average molecular weight is 429 g/mol. The summed E-state index contributed by atoms with van der Waals surface area (Å²) < 4.78 is 1.44. The number of hydrogen-bond donors (Lipinski definition) is 2. The summed E-state index contributed by atoms with van der Waals surface area (Å²) in [6.07, 6.45) is 1.75. The normalized spacial score (nSPS) is 11.0. The Kier molecular flexibility index (Phi) is 6.39. The summed E-state index contributed by atoms with van der Waals surface area (Å²) in [5.74, 6) is 6.03. The number of benzene rings is 3. The predicted molar refractivity (Wildman–Crippen MR) is 124 cm³/mol. The van der Waals surface area contributed by atoms with Crippen LogP contribution >= 0.6 is 11.8 Å². The van der Waals surface area contributed by atoms with Crippen LogP contribution in [0, 0.1) is 0 Å². The molecule has 1 heterocycles. The van der Waals surface area contributed by atoms with Crippen LogP contribution in [-0.2, 0) is 4.79 Å². The fourth-order valence-corrected chi connectivity index (χ4v) is 3.48. The van der Waals surface area contributed by atoms with E-state index in [0.29, 0.717) is 16.5 Å². The molecular weight excluding hydrogens is 408 g/mol. The molecule has 154 valence electrons. The van der Waals surface area contributed by atoms with E-state index < -0.39 is 0 Å². The van der Waals surface area contributed by atoms with Crippen molar-refractivity contribution in [3.63, 3.8) is 0 Å². The molecule has 0 unspecified atom stereocenters. The first-order valence-electron chi connectivity index (χ1n) is 9.57. The molecule has 3 N–H and O–H groups in total. The zero-order valence-electron chi connectivity index (χ0n) is 16.6. The van der Waals surface area contributed by atoms with Crippen molar-refractivity contribution >= 4 is 34.7 Å². The number of thioether (sulfide) groups is 1. The van der Waals surface area contributed by atoms with Gasteiger partial charge in [0.15, 0.2) is 5.16 Å². The molecule has 8 heteroatoms. The summed E-state index contributed by atoms with van der Waals surface area (Å²) in [5, 5.41) is 11.8. The number of rotatable bonds is 7. The number of nitrogens with two attached hydrogens (primary N) is 1. The van der Waals surface area contributed by atoms with Crippen molar-refractivity contribution in [1.29, 1.82) is 0 Å². The molecule has 31 heavy (non-hydrogen) atoms. The molecular formula is C23H20N6OS. The van der Waals surface area contributed by atoms with E-state index in [4.69, 9.17) is 5.84 Å². The molecule has 1 amide bonds. The van der Waals surface area contributed by atoms with Crippen molar-refractivity contribution in [3.8, 4) is 11.3 Å². The third kappa shape index (κ3) is 5.58. The molecule has 0 bridgehead atoms. The first kappa shape index (κ1) is 20.4. The van der Waals surface area contributed by atoms with Gasteiger partial charge in [0.25, 0.3) is 0 Å². The van der Waals surface area contributed by atoms with Crippen molar-refractivity contribution in [3.05, 3.63) is 91.1 Å². The number of carbonyl (C=O) groups excluding carboxylic acids is 1. The van der Waals surface area contributed by atoms with Crippen molar-refractivity contribution in [2.45, 2.75) is 5.16 Å². The third-order valence-electron chi connectivity index (χ3n) is 4.29. The Morgan fingerprint density at radius 2 is 1.52 bits per heavy atom. The first-order chi connectivity index (χ1) is 15.2. The number of anilines is 1. The number of imidazole rings is 1. The number of aromatic nitrogens is 2. The number of nitrogens with zero attached hydrogens (tertiary/aromatic N) is 4.